The van der Waals surface area contributed by atoms with E-state index in [9.17, 15) is 9.18 Å². The summed E-state index contributed by atoms with van der Waals surface area (Å²) in [4.78, 5) is 23.6. The number of aromatic nitrogens is 2. The van der Waals surface area contributed by atoms with Gasteiger partial charge in [-0.25, -0.2) is 14.4 Å². The second-order valence-corrected chi connectivity index (χ2v) is 9.70. The van der Waals surface area contributed by atoms with E-state index in [0.717, 1.165) is 12.8 Å². The standard InChI is InChI=1S/C26H29ClFN5O4/c1-33-13-16(10-21(33)26(34)31-15-6-8-36-9-7-15)37-23-11-17-20(12-22(23)35-2)29-14-30-25(17)32-19-5-3-4-18(27)24(19)28/h3-5,11-12,14-16,21H,6-10,13H2,1-2H3,(H,31,34)(H,29,30,32)/t16-,21+/m0/s1. The Kier molecular flexibility index (Phi) is 7.59. The molecule has 2 fully saturated rings. The summed E-state index contributed by atoms with van der Waals surface area (Å²) in [6.45, 7) is 1.92. The van der Waals surface area contributed by atoms with Crippen LogP contribution in [0.2, 0.25) is 5.02 Å². The van der Waals surface area contributed by atoms with Gasteiger partial charge >= 0.3 is 0 Å². The van der Waals surface area contributed by atoms with Gasteiger partial charge in [0, 0.05) is 43.7 Å². The fourth-order valence-electron chi connectivity index (χ4n) is 4.81. The molecule has 1 amide bonds. The van der Waals surface area contributed by atoms with E-state index in [0.29, 0.717) is 54.4 Å². The average molecular weight is 530 g/mol. The Bertz CT molecular complexity index is 1290. The second kappa shape index (κ2) is 11.0. The second-order valence-electron chi connectivity index (χ2n) is 9.30. The lowest BCUT2D eigenvalue weighted by atomic mass is 10.1. The Morgan fingerprint density at radius 1 is 1.22 bits per heavy atom. The van der Waals surface area contributed by atoms with E-state index in [4.69, 9.17) is 25.8 Å². The highest BCUT2D eigenvalue weighted by Crippen LogP contribution is 2.37. The summed E-state index contributed by atoms with van der Waals surface area (Å²) < 4.78 is 31.8. The van der Waals surface area contributed by atoms with Crippen molar-refractivity contribution >= 4 is 39.9 Å². The fraction of sp³-hybridized carbons (Fsp3) is 0.423. The number of hydrogen-bond donors (Lipinski definition) is 2. The lowest BCUT2D eigenvalue weighted by Gasteiger charge is -2.26. The average Bonchev–Trinajstić information content (AvgIpc) is 3.27. The Morgan fingerprint density at radius 3 is 2.81 bits per heavy atom. The molecule has 0 radical (unpaired) electrons. The summed E-state index contributed by atoms with van der Waals surface area (Å²) >= 11 is 5.94. The molecule has 11 heteroatoms. The molecule has 2 saturated heterocycles. The molecule has 37 heavy (non-hydrogen) atoms. The molecule has 5 rings (SSSR count). The van der Waals surface area contributed by atoms with Gasteiger partial charge in [0.15, 0.2) is 17.3 Å². The minimum Gasteiger partial charge on any atom is -0.493 e. The number of likely N-dealkylation sites (N-methyl/N-ethyl adjacent to an activating group) is 1. The van der Waals surface area contributed by atoms with Crippen molar-refractivity contribution in [1.29, 1.82) is 0 Å². The van der Waals surface area contributed by atoms with E-state index in [2.05, 4.69) is 20.6 Å². The molecule has 1 aromatic heterocycles. The Hall–Kier alpha value is -3.21. The first-order valence-corrected chi connectivity index (χ1v) is 12.6. The Balaban J connectivity index is 1.35. The van der Waals surface area contributed by atoms with Gasteiger partial charge in [0.05, 0.1) is 29.4 Å². The number of fused-ring (bicyclic) bond motifs is 1. The van der Waals surface area contributed by atoms with Crippen LogP contribution < -0.4 is 20.1 Å². The minimum absolute atomic E-state index is 0.00871. The Morgan fingerprint density at radius 2 is 2.03 bits per heavy atom. The van der Waals surface area contributed by atoms with Crippen LogP contribution in [0.25, 0.3) is 10.9 Å². The zero-order valence-corrected chi connectivity index (χ0v) is 21.4. The number of amides is 1. The van der Waals surface area contributed by atoms with Gasteiger partial charge in [-0.1, -0.05) is 17.7 Å². The molecule has 2 atom stereocenters. The van der Waals surface area contributed by atoms with Crippen LogP contribution in [0.4, 0.5) is 15.9 Å². The van der Waals surface area contributed by atoms with Gasteiger partial charge in [-0.2, -0.15) is 0 Å². The van der Waals surface area contributed by atoms with E-state index in [1.165, 1.54) is 12.4 Å². The number of rotatable bonds is 7. The van der Waals surface area contributed by atoms with Crippen molar-refractivity contribution in [3.05, 3.63) is 47.5 Å². The van der Waals surface area contributed by atoms with E-state index in [-0.39, 0.29) is 34.8 Å². The number of nitrogens with one attached hydrogen (secondary N) is 2. The maximum absolute atomic E-state index is 14.5. The largest absolute Gasteiger partial charge is 0.493 e. The smallest absolute Gasteiger partial charge is 0.237 e. The van der Waals surface area contributed by atoms with E-state index < -0.39 is 5.82 Å². The van der Waals surface area contributed by atoms with Crippen molar-refractivity contribution in [2.75, 3.05) is 39.2 Å². The van der Waals surface area contributed by atoms with Crippen LogP contribution in [0, 0.1) is 5.82 Å². The number of likely N-dealkylation sites (tertiary alicyclic amines) is 1. The predicted molar refractivity (Wildman–Crippen MR) is 138 cm³/mol. The lowest BCUT2D eigenvalue weighted by Crippen LogP contribution is -2.47. The molecule has 3 aromatic rings. The van der Waals surface area contributed by atoms with Crippen LogP contribution in [0.15, 0.2) is 36.7 Å². The zero-order chi connectivity index (χ0) is 25.9. The van der Waals surface area contributed by atoms with Gasteiger partial charge in [0.25, 0.3) is 0 Å². The highest BCUT2D eigenvalue weighted by molar-refractivity contribution is 6.31. The van der Waals surface area contributed by atoms with Crippen LogP contribution in [0.3, 0.4) is 0 Å². The first-order valence-electron chi connectivity index (χ1n) is 12.2. The molecule has 2 aromatic carbocycles. The first kappa shape index (κ1) is 25.4. The number of nitrogens with zero attached hydrogens (tertiary/aromatic N) is 3. The fourth-order valence-corrected chi connectivity index (χ4v) is 4.98. The molecule has 2 N–H and O–H groups in total. The number of halogens is 2. The molecular weight excluding hydrogens is 501 g/mol. The van der Waals surface area contributed by atoms with Gasteiger partial charge in [0.1, 0.15) is 18.2 Å². The van der Waals surface area contributed by atoms with Crippen LogP contribution >= 0.6 is 11.6 Å². The van der Waals surface area contributed by atoms with Crippen molar-refractivity contribution in [3.8, 4) is 11.5 Å². The summed E-state index contributed by atoms with van der Waals surface area (Å²) in [5.74, 6) is 0.831. The zero-order valence-electron chi connectivity index (χ0n) is 20.7. The van der Waals surface area contributed by atoms with Crippen LogP contribution in [0.5, 0.6) is 11.5 Å². The number of hydrogen-bond acceptors (Lipinski definition) is 8. The van der Waals surface area contributed by atoms with Crippen LogP contribution in [-0.4, -0.2) is 72.9 Å². The third-order valence-corrected chi connectivity index (χ3v) is 7.09. The normalized spacial score (nSPS) is 20.6. The van der Waals surface area contributed by atoms with Crippen molar-refractivity contribution in [2.45, 2.75) is 37.5 Å². The molecular formula is C26H29ClFN5O4. The number of benzene rings is 2. The highest BCUT2D eigenvalue weighted by Gasteiger charge is 2.37. The quantitative estimate of drug-likeness (QED) is 0.475. The predicted octanol–water partition coefficient (Wildman–Crippen LogP) is 3.92. The molecule has 2 aliphatic heterocycles. The minimum atomic E-state index is -0.569. The molecule has 0 aliphatic carbocycles. The summed E-state index contributed by atoms with van der Waals surface area (Å²) in [6, 6.07) is 8.09. The van der Waals surface area contributed by atoms with Crippen molar-refractivity contribution in [3.63, 3.8) is 0 Å². The van der Waals surface area contributed by atoms with E-state index in [1.807, 2.05) is 11.9 Å². The summed E-state index contributed by atoms with van der Waals surface area (Å²) in [6.07, 6.45) is 3.35. The third kappa shape index (κ3) is 5.56. The van der Waals surface area contributed by atoms with E-state index in [1.54, 1.807) is 31.4 Å². The maximum atomic E-state index is 14.5. The molecule has 0 spiro atoms. The Labute approximate surface area is 219 Å². The van der Waals surface area contributed by atoms with Crippen molar-refractivity contribution in [1.82, 2.24) is 20.2 Å². The third-order valence-electron chi connectivity index (χ3n) is 6.80. The number of carbonyl (C=O) groups is 1. The number of ether oxygens (including phenoxy) is 3. The summed E-state index contributed by atoms with van der Waals surface area (Å²) in [5.41, 5.74) is 0.794. The number of methoxy groups -OCH3 is 1. The first-order chi connectivity index (χ1) is 17.9. The lowest BCUT2D eigenvalue weighted by molar-refractivity contribution is -0.126. The summed E-state index contributed by atoms with van der Waals surface area (Å²) in [5, 5.41) is 6.79. The number of carbonyl (C=O) groups excluding carboxylic acids is 1. The van der Waals surface area contributed by atoms with E-state index >= 15 is 0 Å². The molecule has 0 saturated carbocycles. The van der Waals surface area contributed by atoms with Gasteiger partial charge in [-0.3, -0.25) is 9.69 Å². The SMILES string of the molecule is COc1cc2ncnc(Nc3cccc(Cl)c3F)c2cc1O[C@H]1C[C@H](C(=O)NC2CCOCC2)N(C)C1. The van der Waals surface area contributed by atoms with Crippen molar-refractivity contribution in [2.24, 2.45) is 0 Å². The van der Waals surface area contributed by atoms with Gasteiger partial charge in [0.2, 0.25) is 5.91 Å². The molecule has 9 nitrogen and oxygen atoms in total. The van der Waals surface area contributed by atoms with Crippen LogP contribution in [-0.2, 0) is 9.53 Å². The molecule has 0 bridgehead atoms. The van der Waals surface area contributed by atoms with Gasteiger partial charge in [-0.05, 0) is 38.1 Å². The molecule has 3 heterocycles. The van der Waals surface area contributed by atoms with Gasteiger partial charge < -0.3 is 24.8 Å². The molecule has 196 valence electrons. The molecule has 0 unspecified atom stereocenters. The van der Waals surface area contributed by atoms with Crippen LogP contribution in [0.1, 0.15) is 19.3 Å². The highest BCUT2D eigenvalue weighted by atomic mass is 35.5. The van der Waals surface area contributed by atoms with Crippen molar-refractivity contribution < 1.29 is 23.4 Å². The topological polar surface area (TPSA) is 97.8 Å². The monoisotopic (exact) mass is 529 g/mol. The van der Waals surface area contributed by atoms with Gasteiger partial charge in [-0.15, -0.1) is 0 Å². The maximum Gasteiger partial charge on any atom is 0.237 e. The summed E-state index contributed by atoms with van der Waals surface area (Å²) in [7, 11) is 3.48. The molecule has 2 aliphatic rings. The number of anilines is 2.